The van der Waals surface area contributed by atoms with E-state index in [0.29, 0.717) is 26.3 Å². The van der Waals surface area contributed by atoms with Crippen LogP contribution in [0, 0.1) is 10.1 Å². The fraction of sp³-hybridized carbons (Fsp3) is 0.0833. The summed E-state index contributed by atoms with van der Waals surface area (Å²) in [5.41, 5.74) is 2.19. The van der Waals surface area contributed by atoms with Crippen molar-refractivity contribution in [3.63, 3.8) is 0 Å². The number of non-ortho nitro benzene ring substituents is 1. The number of rotatable bonds is 7. The lowest BCUT2D eigenvalue weighted by atomic mass is 10.2. The van der Waals surface area contributed by atoms with E-state index in [1.54, 1.807) is 60.7 Å². The molecule has 7 nitrogen and oxygen atoms in total. The van der Waals surface area contributed by atoms with Crippen molar-refractivity contribution in [2.75, 3.05) is 0 Å². The maximum Gasteiger partial charge on any atom is 0.293 e. The highest BCUT2D eigenvalue weighted by Crippen LogP contribution is 2.35. The normalized spacial score (nSPS) is 14.6. The third kappa shape index (κ3) is 5.59. The maximum absolute atomic E-state index is 12.8. The highest BCUT2D eigenvalue weighted by molar-refractivity contribution is 8.18. The number of nitrogens with zero attached hydrogens (tertiary/aromatic N) is 2. The number of benzene rings is 3. The van der Waals surface area contributed by atoms with Crippen molar-refractivity contribution in [2.45, 2.75) is 13.2 Å². The molecule has 0 aliphatic carbocycles. The molecule has 0 N–H and O–H groups in total. The monoisotopic (exact) mass is 514 g/mol. The first-order chi connectivity index (χ1) is 16.3. The van der Waals surface area contributed by atoms with Crippen molar-refractivity contribution < 1.29 is 19.2 Å². The van der Waals surface area contributed by atoms with E-state index in [1.165, 1.54) is 17.0 Å². The number of amides is 2. The predicted molar refractivity (Wildman–Crippen MR) is 132 cm³/mol. The van der Waals surface area contributed by atoms with E-state index >= 15 is 0 Å². The predicted octanol–water partition coefficient (Wildman–Crippen LogP) is 6.72. The molecule has 1 heterocycles. The molecule has 1 aliphatic rings. The summed E-state index contributed by atoms with van der Waals surface area (Å²) in [7, 11) is 0. The summed E-state index contributed by atoms with van der Waals surface area (Å²) >= 11 is 13.1. The van der Waals surface area contributed by atoms with E-state index in [1.807, 2.05) is 0 Å². The van der Waals surface area contributed by atoms with Gasteiger partial charge in [0.15, 0.2) is 0 Å². The Balaban J connectivity index is 1.42. The molecular formula is C24H16Cl2N2O5S. The van der Waals surface area contributed by atoms with E-state index in [4.69, 9.17) is 27.9 Å². The number of carbonyl (C=O) groups is 2. The molecule has 1 saturated heterocycles. The Morgan fingerprint density at radius 3 is 2.29 bits per heavy atom. The molecule has 0 atom stereocenters. The Bertz CT molecular complexity index is 1290. The van der Waals surface area contributed by atoms with Gasteiger partial charge in [-0.25, -0.2) is 0 Å². The van der Waals surface area contributed by atoms with E-state index < -0.39 is 4.92 Å². The molecule has 3 aromatic carbocycles. The molecule has 172 valence electrons. The van der Waals surface area contributed by atoms with Crippen molar-refractivity contribution in [1.29, 1.82) is 0 Å². The molecule has 0 unspecified atom stereocenters. The topological polar surface area (TPSA) is 89.7 Å². The van der Waals surface area contributed by atoms with E-state index in [9.17, 15) is 19.7 Å². The Morgan fingerprint density at radius 2 is 1.65 bits per heavy atom. The van der Waals surface area contributed by atoms with Gasteiger partial charge in [-0.15, -0.1) is 0 Å². The highest BCUT2D eigenvalue weighted by Gasteiger charge is 2.35. The van der Waals surface area contributed by atoms with Crippen LogP contribution in [0.4, 0.5) is 10.5 Å². The molecule has 0 saturated carbocycles. The molecule has 0 bridgehead atoms. The van der Waals surface area contributed by atoms with Gasteiger partial charge in [0.1, 0.15) is 12.4 Å². The van der Waals surface area contributed by atoms with Gasteiger partial charge in [0.2, 0.25) is 0 Å². The van der Waals surface area contributed by atoms with Crippen molar-refractivity contribution in [3.8, 4) is 5.75 Å². The summed E-state index contributed by atoms with van der Waals surface area (Å²) < 4.78 is 5.71. The Morgan fingerprint density at radius 1 is 0.971 bits per heavy atom. The van der Waals surface area contributed by atoms with Gasteiger partial charge in [-0.1, -0.05) is 41.4 Å². The molecule has 1 aliphatic heterocycles. The number of carbonyl (C=O) groups excluding carboxylic acids is 2. The summed E-state index contributed by atoms with van der Waals surface area (Å²) in [6, 6.07) is 18.0. The first-order valence-corrected chi connectivity index (χ1v) is 11.5. The van der Waals surface area contributed by atoms with Gasteiger partial charge in [0.25, 0.3) is 16.8 Å². The van der Waals surface area contributed by atoms with E-state index in [-0.39, 0.29) is 30.0 Å². The minimum Gasteiger partial charge on any atom is -0.487 e. The second-order valence-electron chi connectivity index (χ2n) is 7.30. The van der Waals surface area contributed by atoms with Gasteiger partial charge in [-0.2, -0.15) is 0 Å². The van der Waals surface area contributed by atoms with Gasteiger partial charge in [-0.05, 0) is 70.9 Å². The number of hydrogen-bond acceptors (Lipinski definition) is 6. The number of nitro groups is 1. The van der Waals surface area contributed by atoms with Crippen LogP contribution in [-0.4, -0.2) is 21.0 Å². The molecule has 34 heavy (non-hydrogen) atoms. The number of thioether (sulfide) groups is 1. The number of ether oxygens (including phenoxy) is 1. The molecule has 0 aromatic heterocycles. The fourth-order valence-corrected chi connectivity index (χ4v) is 4.37. The van der Waals surface area contributed by atoms with Crippen molar-refractivity contribution in [3.05, 3.63) is 108 Å². The molecule has 2 amide bonds. The summed E-state index contributed by atoms with van der Waals surface area (Å²) in [6.45, 7) is 0.343. The first kappa shape index (κ1) is 23.8. The number of halogens is 2. The van der Waals surface area contributed by atoms with Gasteiger partial charge in [-0.3, -0.25) is 24.6 Å². The van der Waals surface area contributed by atoms with E-state index in [0.717, 1.165) is 22.9 Å². The average molecular weight is 515 g/mol. The Hall–Kier alpha value is -3.33. The maximum atomic E-state index is 12.8. The number of nitro benzene ring substituents is 1. The number of imide groups is 1. The second-order valence-corrected chi connectivity index (χ2v) is 9.13. The standard InChI is InChI=1S/C24H16Cl2N2O5S/c25-18-6-1-15(2-7-18)13-27-23(29)22(34-24(27)30)12-17-5-10-21(20(26)11-17)33-14-16-3-8-19(9-4-16)28(31)32/h1-12H,13-14H2/b22-12-. The molecular weight excluding hydrogens is 499 g/mol. The largest absolute Gasteiger partial charge is 0.487 e. The zero-order valence-electron chi connectivity index (χ0n) is 17.4. The third-order valence-corrected chi connectivity index (χ3v) is 6.38. The van der Waals surface area contributed by atoms with Gasteiger partial charge in [0, 0.05) is 17.2 Å². The molecule has 0 spiro atoms. The van der Waals surface area contributed by atoms with Crippen LogP contribution in [0.1, 0.15) is 16.7 Å². The third-order valence-electron chi connectivity index (χ3n) is 4.92. The van der Waals surface area contributed by atoms with Crippen LogP contribution in [0.15, 0.2) is 71.6 Å². The van der Waals surface area contributed by atoms with Crippen molar-refractivity contribution in [2.24, 2.45) is 0 Å². The van der Waals surface area contributed by atoms with Crippen LogP contribution in [-0.2, 0) is 17.9 Å². The highest BCUT2D eigenvalue weighted by atomic mass is 35.5. The second kappa shape index (κ2) is 10.3. The summed E-state index contributed by atoms with van der Waals surface area (Å²) in [5, 5.41) is 11.3. The minimum absolute atomic E-state index is 0.00344. The quantitative estimate of drug-likeness (QED) is 0.197. The zero-order chi connectivity index (χ0) is 24.2. The lowest BCUT2D eigenvalue weighted by Gasteiger charge is -2.12. The van der Waals surface area contributed by atoms with Crippen LogP contribution in [0.3, 0.4) is 0 Å². The molecule has 0 radical (unpaired) electrons. The Labute approximate surface area is 209 Å². The lowest BCUT2D eigenvalue weighted by molar-refractivity contribution is -0.384. The molecule has 4 rings (SSSR count). The summed E-state index contributed by atoms with van der Waals surface area (Å²) in [5.74, 6) is 0.0487. The molecule has 3 aromatic rings. The SMILES string of the molecule is O=C1S/C(=C\c2ccc(OCc3ccc([N+](=O)[O-])cc3)c(Cl)c2)C(=O)N1Cc1ccc(Cl)cc1. The van der Waals surface area contributed by atoms with Gasteiger partial charge < -0.3 is 4.74 Å². The Kier molecular flexibility index (Phi) is 7.21. The van der Waals surface area contributed by atoms with Crippen molar-refractivity contribution in [1.82, 2.24) is 4.90 Å². The van der Waals surface area contributed by atoms with E-state index in [2.05, 4.69) is 0 Å². The average Bonchev–Trinajstić information content (AvgIpc) is 3.07. The van der Waals surface area contributed by atoms with Crippen LogP contribution in [0.5, 0.6) is 5.75 Å². The van der Waals surface area contributed by atoms with Crippen LogP contribution >= 0.6 is 35.0 Å². The smallest absolute Gasteiger partial charge is 0.293 e. The van der Waals surface area contributed by atoms with Crippen molar-refractivity contribution >= 4 is 57.9 Å². The van der Waals surface area contributed by atoms with Gasteiger partial charge in [0.05, 0.1) is 21.4 Å². The lowest BCUT2D eigenvalue weighted by Crippen LogP contribution is -2.27. The molecule has 10 heteroatoms. The van der Waals surface area contributed by atoms with Gasteiger partial charge >= 0.3 is 0 Å². The minimum atomic E-state index is -0.466. The summed E-state index contributed by atoms with van der Waals surface area (Å²) in [6.07, 6.45) is 1.61. The van der Waals surface area contributed by atoms with Crippen LogP contribution in [0.2, 0.25) is 10.0 Å². The summed E-state index contributed by atoms with van der Waals surface area (Å²) in [4.78, 5) is 36.9. The molecule has 1 fully saturated rings. The first-order valence-electron chi connectivity index (χ1n) is 9.95. The fourth-order valence-electron chi connectivity index (χ4n) is 3.16. The zero-order valence-corrected chi connectivity index (χ0v) is 19.8. The van der Waals surface area contributed by atoms with Crippen LogP contribution in [0.25, 0.3) is 6.08 Å². The number of hydrogen-bond donors (Lipinski definition) is 0. The van der Waals surface area contributed by atoms with Crippen LogP contribution < -0.4 is 4.74 Å².